The molecule has 1 N–H and O–H groups in total. The van der Waals surface area contributed by atoms with Crippen molar-refractivity contribution in [2.24, 2.45) is 10.9 Å². The maximum Gasteiger partial charge on any atom is 0.413 e. The molecule has 1 heterocycles. The molecular formula is C17H21BrN2O2S. The maximum absolute atomic E-state index is 12.0. The normalized spacial score (nSPS) is 23.4. The van der Waals surface area contributed by atoms with Crippen LogP contribution in [0.3, 0.4) is 0 Å². The third-order valence-corrected chi connectivity index (χ3v) is 5.52. The van der Waals surface area contributed by atoms with Crippen LogP contribution < -0.4 is 5.32 Å². The number of hydrogen-bond acceptors (Lipinski definition) is 4. The fourth-order valence-electron chi connectivity index (χ4n) is 2.98. The van der Waals surface area contributed by atoms with Crippen molar-refractivity contribution in [1.82, 2.24) is 5.32 Å². The SMILES string of the molecule is CC(C)(C)OC(=O)NC1=NC2c3cc(Br)ccc3CCC2CS1. The molecule has 1 aliphatic carbocycles. The van der Waals surface area contributed by atoms with Crippen LogP contribution in [0.4, 0.5) is 4.79 Å². The first-order valence-corrected chi connectivity index (χ1v) is 9.58. The lowest BCUT2D eigenvalue weighted by Crippen LogP contribution is -2.38. The van der Waals surface area contributed by atoms with E-state index in [4.69, 9.17) is 9.73 Å². The van der Waals surface area contributed by atoms with E-state index in [9.17, 15) is 4.79 Å². The highest BCUT2D eigenvalue weighted by molar-refractivity contribution is 9.10. The van der Waals surface area contributed by atoms with Crippen LogP contribution >= 0.6 is 27.7 Å². The van der Waals surface area contributed by atoms with Crippen LogP contribution in [0.25, 0.3) is 0 Å². The van der Waals surface area contributed by atoms with Crippen LogP contribution in [0.1, 0.15) is 44.4 Å². The fourth-order valence-corrected chi connectivity index (χ4v) is 4.42. The van der Waals surface area contributed by atoms with Gasteiger partial charge < -0.3 is 4.74 Å². The molecule has 0 saturated carbocycles. The van der Waals surface area contributed by atoms with Crippen LogP contribution in [0.2, 0.25) is 0 Å². The van der Waals surface area contributed by atoms with Crippen LogP contribution in [-0.2, 0) is 11.2 Å². The van der Waals surface area contributed by atoms with E-state index in [1.807, 2.05) is 20.8 Å². The minimum atomic E-state index is -0.505. The molecular weight excluding hydrogens is 376 g/mol. The van der Waals surface area contributed by atoms with Crippen LogP contribution in [0.5, 0.6) is 0 Å². The molecule has 2 unspecified atom stereocenters. The lowest BCUT2D eigenvalue weighted by molar-refractivity contribution is 0.0564. The zero-order valence-electron chi connectivity index (χ0n) is 13.6. The first kappa shape index (κ1) is 16.8. The quantitative estimate of drug-likeness (QED) is 0.692. The molecule has 4 nitrogen and oxygen atoms in total. The highest BCUT2D eigenvalue weighted by Crippen LogP contribution is 2.42. The monoisotopic (exact) mass is 396 g/mol. The molecule has 6 heteroatoms. The minimum absolute atomic E-state index is 0.127. The number of benzene rings is 1. The van der Waals surface area contributed by atoms with Gasteiger partial charge in [0.1, 0.15) is 5.60 Å². The highest BCUT2D eigenvalue weighted by Gasteiger charge is 2.33. The molecule has 1 aromatic rings. The first-order chi connectivity index (χ1) is 10.8. The molecule has 1 aromatic carbocycles. The Morgan fingerprint density at radius 3 is 2.96 bits per heavy atom. The second kappa shape index (κ2) is 6.48. The summed E-state index contributed by atoms with van der Waals surface area (Å²) in [7, 11) is 0. The van der Waals surface area contributed by atoms with Crippen molar-refractivity contribution in [3.63, 3.8) is 0 Å². The number of amides is 1. The van der Waals surface area contributed by atoms with Crippen molar-refractivity contribution >= 4 is 39.0 Å². The van der Waals surface area contributed by atoms with Crippen LogP contribution in [-0.4, -0.2) is 22.6 Å². The third-order valence-electron chi connectivity index (χ3n) is 3.96. The predicted molar refractivity (Wildman–Crippen MR) is 98.0 cm³/mol. The number of nitrogens with zero attached hydrogens (tertiary/aromatic N) is 1. The summed E-state index contributed by atoms with van der Waals surface area (Å²) in [4.78, 5) is 16.8. The number of alkyl carbamates (subject to hydrolysis) is 1. The van der Waals surface area contributed by atoms with E-state index in [2.05, 4.69) is 39.4 Å². The smallest absolute Gasteiger partial charge is 0.413 e. The van der Waals surface area contributed by atoms with Crippen molar-refractivity contribution in [3.05, 3.63) is 33.8 Å². The molecule has 0 spiro atoms. The van der Waals surface area contributed by atoms with E-state index in [-0.39, 0.29) is 6.04 Å². The summed E-state index contributed by atoms with van der Waals surface area (Å²) in [6.07, 6.45) is 1.82. The second-order valence-corrected chi connectivity index (χ2v) is 8.88. The largest absolute Gasteiger partial charge is 0.444 e. The number of thioether (sulfide) groups is 1. The summed E-state index contributed by atoms with van der Waals surface area (Å²) in [5, 5.41) is 3.45. The standard InChI is InChI=1S/C17H21BrN2O2S/c1-17(2,3)22-16(21)20-15-19-14-11(9-23-15)5-4-10-6-7-12(18)8-13(10)14/h6-8,11,14H,4-5,9H2,1-3H3,(H,19,20,21). The van der Waals surface area contributed by atoms with Gasteiger partial charge in [-0.2, -0.15) is 0 Å². The zero-order valence-corrected chi connectivity index (χ0v) is 16.0. The fraction of sp³-hybridized carbons (Fsp3) is 0.529. The van der Waals surface area contributed by atoms with E-state index in [1.165, 1.54) is 11.1 Å². The van der Waals surface area contributed by atoms with Crippen LogP contribution in [0, 0.1) is 5.92 Å². The van der Waals surface area contributed by atoms with Gasteiger partial charge in [-0.15, -0.1) is 0 Å². The molecule has 23 heavy (non-hydrogen) atoms. The van der Waals surface area contributed by atoms with Gasteiger partial charge in [-0.05, 0) is 62.8 Å². The van der Waals surface area contributed by atoms with Gasteiger partial charge in [0, 0.05) is 10.2 Å². The number of carbonyl (C=O) groups excluding carboxylic acids is 1. The molecule has 1 aliphatic heterocycles. The van der Waals surface area contributed by atoms with Gasteiger partial charge in [0.15, 0.2) is 5.17 Å². The molecule has 2 atom stereocenters. The van der Waals surface area contributed by atoms with E-state index in [1.54, 1.807) is 11.8 Å². The van der Waals surface area contributed by atoms with E-state index < -0.39 is 11.7 Å². The lowest BCUT2D eigenvalue weighted by Gasteiger charge is -2.34. The summed E-state index contributed by atoms with van der Waals surface area (Å²) in [6.45, 7) is 5.56. The summed E-state index contributed by atoms with van der Waals surface area (Å²) in [5.74, 6) is 1.51. The predicted octanol–water partition coefficient (Wildman–Crippen LogP) is 4.68. The van der Waals surface area contributed by atoms with Gasteiger partial charge in [-0.25, -0.2) is 4.79 Å². The van der Waals surface area contributed by atoms with Crippen molar-refractivity contribution in [2.45, 2.75) is 45.3 Å². The Morgan fingerprint density at radius 2 is 2.22 bits per heavy atom. The topological polar surface area (TPSA) is 50.7 Å². The zero-order chi connectivity index (χ0) is 16.6. The number of amidine groups is 1. The molecule has 1 amide bonds. The highest BCUT2D eigenvalue weighted by atomic mass is 79.9. The number of halogens is 1. The van der Waals surface area contributed by atoms with Gasteiger partial charge in [-0.3, -0.25) is 10.3 Å². The van der Waals surface area contributed by atoms with Gasteiger partial charge in [0.05, 0.1) is 6.04 Å². The van der Waals surface area contributed by atoms with E-state index in [0.29, 0.717) is 11.1 Å². The van der Waals surface area contributed by atoms with Crippen molar-refractivity contribution < 1.29 is 9.53 Å². The van der Waals surface area contributed by atoms with Gasteiger partial charge in [0.25, 0.3) is 0 Å². The molecule has 124 valence electrons. The number of aliphatic imine (C=N–C) groups is 1. The molecule has 0 radical (unpaired) electrons. The summed E-state index contributed by atoms with van der Waals surface area (Å²) in [6, 6.07) is 6.55. The number of aryl methyl sites for hydroxylation is 1. The van der Waals surface area contributed by atoms with Gasteiger partial charge >= 0.3 is 6.09 Å². The van der Waals surface area contributed by atoms with Crippen molar-refractivity contribution in [1.29, 1.82) is 0 Å². The molecule has 2 aliphatic rings. The van der Waals surface area contributed by atoms with Crippen LogP contribution in [0.15, 0.2) is 27.7 Å². The number of carbonyl (C=O) groups is 1. The third kappa shape index (κ3) is 4.10. The molecule has 0 fully saturated rings. The minimum Gasteiger partial charge on any atom is -0.444 e. The molecule has 0 bridgehead atoms. The summed E-state index contributed by atoms with van der Waals surface area (Å²) >= 11 is 5.16. The average molecular weight is 397 g/mol. The Labute approximate surface area is 149 Å². The number of fused-ring (bicyclic) bond motifs is 3. The Morgan fingerprint density at radius 1 is 1.43 bits per heavy atom. The number of hydrogen-bond donors (Lipinski definition) is 1. The number of rotatable bonds is 0. The van der Waals surface area contributed by atoms with Gasteiger partial charge in [0.2, 0.25) is 0 Å². The Bertz CT molecular complexity index is 654. The molecule has 0 saturated heterocycles. The maximum atomic E-state index is 12.0. The Hall–Kier alpha value is -1.01. The number of nitrogens with one attached hydrogen (secondary N) is 1. The Kier molecular flexibility index (Phi) is 4.74. The lowest BCUT2D eigenvalue weighted by atomic mass is 9.81. The number of ether oxygens (including phenoxy) is 1. The van der Waals surface area contributed by atoms with Crippen molar-refractivity contribution in [3.8, 4) is 0 Å². The van der Waals surface area contributed by atoms with Crippen molar-refractivity contribution in [2.75, 3.05) is 5.75 Å². The second-order valence-electron chi connectivity index (χ2n) is 6.96. The van der Waals surface area contributed by atoms with Gasteiger partial charge in [-0.1, -0.05) is 33.8 Å². The molecule has 0 aromatic heterocycles. The molecule has 3 rings (SSSR count). The van der Waals surface area contributed by atoms with E-state index >= 15 is 0 Å². The van der Waals surface area contributed by atoms with E-state index in [0.717, 1.165) is 23.1 Å². The summed E-state index contributed by atoms with van der Waals surface area (Å²) < 4.78 is 6.39. The summed E-state index contributed by atoms with van der Waals surface area (Å²) in [5.41, 5.74) is 2.13. The average Bonchev–Trinajstić information content (AvgIpc) is 2.45. The Balaban J connectivity index is 1.80. The first-order valence-electron chi connectivity index (χ1n) is 7.81.